The SMILES string of the molecule is c1ccc(-c2cccc(-c3ccc(N(c4ccc(-c5ccccc5-c5ccccc5-n5c6ccccc6c6ccccc65)cc4)c4cccc(-c5cccc6c5oc5ccccc56)c4)cc3)c2)cc1. The number of anilines is 3. The molecule has 11 aromatic carbocycles. The lowest BCUT2D eigenvalue weighted by molar-refractivity contribution is 0.670. The molecule has 0 aliphatic heterocycles. The Morgan fingerprint density at radius 1 is 0.275 bits per heavy atom. The molecule has 0 atom stereocenters. The Morgan fingerprint density at radius 2 is 0.768 bits per heavy atom. The van der Waals surface area contributed by atoms with E-state index in [-0.39, 0.29) is 0 Å². The monoisotopic (exact) mass is 880 g/mol. The molecule has 0 saturated carbocycles. The van der Waals surface area contributed by atoms with Crippen LogP contribution >= 0.6 is 0 Å². The van der Waals surface area contributed by atoms with E-state index >= 15 is 0 Å². The number of aromatic nitrogens is 1. The Bertz CT molecular complexity index is 3960. The van der Waals surface area contributed by atoms with Gasteiger partial charge < -0.3 is 13.9 Å². The highest BCUT2D eigenvalue weighted by atomic mass is 16.3. The molecule has 13 rings (SSSR count). The molecule has 0 unspecified atom stereocenters. The van der Waals surface area contributed by atoms with Gasteiger partial charge in [0.2, 0.25) is 0 Å². The van der Waals surface area contributed by atoms with Crippen LogP contribution in [0.2, 0.25) is 0 Å². The van der Waals surface area contributed by atoms with Crippen molar-refractivity contribution < 1.29 is 4.42 Å². The van der Waals surface area contributed by atoms with Gasteiger partial charge >= 0.3 is 0 Å². The van der Waals surface area contributed by atoms with E-state index in [2.05, 4.69) is 264 Å². The van der Waals surface area contributed by atoms with Crippen molar-refractivity contribution >= 4 is 60.8 Å². The molecular formula is C66H44N2O. The van der Waals surface area contributed by atoms with E-state index in [4.69, 9.17) is 4.42 Å². The van der Waals surface area contributed by atoms with Gasteiger partial charge in [-0.15, -0.1) is 0 Å². The summed E-state index contributed by atoms with van der Waals surface area (Å²) in [5.41, 5.74) is 20.1. The largest absolute Gasteiger partial charge is 0.455 e. The van der Waals surface area contributed by atoms with E-state index in [1.807, 2.05) is 12.1 Å². The zero-order chi connectivity index (χ0) is 45.7. The molecule has 3 nitrogen and oxygen atoms in total. The van der Waals surface area contributed by atoms with Gasteiger partial charge in [-0.05, 0) is 111 Å². The zero-order valence-corrected chi connectivity index (χ0v) is 37.7. The zero-order valence-electron chi connectivity index (χ0n) is 37.7. The molecule has 0 aliphatic carbocycles. The second-order valence-corrected chi connectivity index (χ2v) is 17.6. The molecule has 0 saturated heterocycles. The molecule has 13 aromatic rings. The molecule has 0 N–H and O–H groups in total. The van der Waals surface area contributed by atoms with Crippen molar-refractivity contribution in [2.75, 3.05) is 4.90 Å². The van der Waals surface area contributed by atoms with Crippen LogP contribution in [0.4, 0.5) is 17.1 Å². The smallest absolute Gasteiger partial charge is 0.143 e. The second kappa shape index (κ2) is 16.9. The number of nitrogens with zero attached hydrogens (tertiary/aromatic N) is 2. The first kappa shape index (κ1) is 40.1. The maximum atomic E-state index is 6.55. The van der Waals surface area contributed by atoms with Gasteiger partial charge in [0.1, 0.15) is 11.2 Å². The Labute approximate surface area is 401 Å². The molecule has 0 aliphatic rings. The highest BCUT2D eigenvalue weighted by Gasteiger charge is 2.20. The Morgan fingerprint density at radius 3 is 1.49 bits per heavy atom. The van der Waals surface area contributed by atoms with Crippen molar-refractivity contribution in [2.24, 2.45) is 0 Å². The summed E-state index contributed by atoms with van der Waals surface area (Å²) in [6, 6.07) is 96.0. The summed E-state index contributed by atoms with van der Waals surface area (Å²) >= 11 is 0. The highest BCUT2D eigenvalue weighted by molar-refractivity contribution is 6.11. The summed E-state index contributed by atoms with van der Waals surface area (Å²) in [5, 5.41) is 4.74. The van der Waals surface area contributed by atoms with E-state index in [1.54, 1.807) is 0 Å². The standard InChI is InChI=1S/C66H44N2O/c1-2-17-45(18-3-1)48-19-14-20-49(43-48)46-35-39-51(40-36-46)67(53-22-15-21-50(44-53)55-29-16-30-61-60-28-9-13-34-65(60)69-66(55)61)52-41-37-47(38-42-52)54-23-4-5-24-56(54)57-25-6-10-31-62(57)68-63-32-11-7-26-58(63)59-27-8-12-33-64(59)68/h1-44H. The minimum atomic E-state index is 0.893. The first-order valence-electron chi connectivity index (χ1n) is 23.6. The van der Waals surface area contributed by atoms with Crippen LogP contribution in [0.15, 0.2) is 271 Å². The molecule has 2 heterocycles. The Balaban J connectivity index is 0.915. The molecule has 0 spiro atoms. The van der Waals surface area contributed by atoms with Crippen LogP contribution in [0.1, 0.15) is 0 Å². The fourth-order valence-corrected chi connectivity index (χ4v) is 10.4. The number of para-hydroxylation sites is 5. The highest BCUT2D eigenvalue weighted by Crippen LogP contribution is 2.43. The summed E-state index contributed by atoms with van der Waals surface area (Å²) in [7, 11) is 0. The van der Waals surface area contributed by atoms with Gasteiger partial charge in [-0.3, -0.25) is 0 Å². The number of rotatable bonds is 9. The van der Waals surface area contributed by atoms with E-state index < -0.39 is 0 Å². The number of hydrogen-bond acceptors (Lipinski definition) is 2. The van der Waals surface area contributed by atoms with Crippen LogP contribution in [0.3, 0.4) is 0 Å². The van der Waals surface area contributed by atoms with Crippen molar-refractivity contribution in [3.63, 3.8) is 0 Å². The van der Waals surface area contributed by atoms with Gasteiger partial charge in [0.15, 0.2) is 0 Å². The third-order valence-electron chi connectivity index (χ3n) is 13.6. The van der Waals surface area contributed by atoms with E-state index in [0.717, 1.165) is 66.9 Å². The van der Waals surface area contributed by atoms with Gasteiger partial charge in [0, 0.05) is 49.7 Å². The van der Waals surface area contributed by atoms with Crippen LogP contribution in [0.5, 0.6) is 0 Å². The normalized spacial score (nSPS) is 11.5. The van der Waals surface area contributed by atoms with Gasteiger partial charge in [-0.1, -0.05) is 200 Å². The fourth-order valence-electron chi connectivity index (χ4n) is 10.4. The Hall–Kier alpha value is -9.18. The lowest BCUT2D eigenvalue weighted by Crippen LogP contribution is -2.10. The first-order valence-corrected chi connectivity index (χ1v) is 23.6. The molecule has 69 heavy (non-hydrogen) atoms. The van der Waals surface area contributed by atoms with Gasteiger partial charge in [0.25, 0.3) is 0 Å². The number of fused-ring (bicyclic) bond motifs is 6. The maximum absolute atomic E-state index is 6.55. The van der Waals surface area contributed by atoms with Crippen molar-refractivity contribution in [3.8, 4) is 61.3 Å². The number of furan rings is 1. The van der Waals surface area contributed by atoms with Gasteiger partial charge in [0.05, 0.1) is 16.7 Å². The van der Waals surface area contributed by atoms with Crippen molar-refractivity contribution in [3.05, 3.63) is 267 Å². The molecule has 324 valence electrons. The lowest BCUT2D eigenvalue weighted by atomic mass is 9.93. The summed E-state index contributed by atoms with van der Waals surface area (Å²) < 4.78 is 8.97. The van der Waals surface area contributed by atoms with Gasteiger partial charge in [-0.2, -0.15) is 0 Å². The fraction of sp³-hybridized carbons (Fsp3) is 0. The number of hydrogen-bond donors (Lipinski definition) is 0. The summed E-state index contributed by atoms with van der Waals surface area (Å²) in [6.45, 7) is 0. The van der Waals surface area contributed by atoms with Gasteiger partial charge in [-0.25, -0.2) is 0 Å². The summed E-state index contributed by atoms with van der Waals surface area (Å²) in [4.78, 5) is 2.36. The van der Waals surface area contributed by atoms with Crippen molar-refractivity contribution in [1.82, 2.24) is 4.57 Å². The van der Waals surface area contributed by atoms with E-state index in [9.17, 15) is 0 Å². The van der Waals surface area contributed by atoms with Crippen LogP contribution in [-0.4, -0.2) is 4.57 Å². The molecule has 3 heteroatoms. The lowest BCUT2D eigenvalue weighted by Gasteiger charge is -2.26. The molecule has 0 fully saturated rings. The third-order valence-corrected chi connectivity index (χ3v) is 13.6. The van der Waals surface area contributed by atoms with Crippen LogP contribution in [0, 0.1) is 0 Å². The molecule has 0 amide bonds. The minimum Gasteiger partial charge on any atom is -0.455 e. The Kier molecular flexibility index (Phi) is 9.84. The third kappa shape index (κ3) is 7.08. The van der Waals surface area contributed by atoms with Crippen LogP contribution in [0.25, 0.3) is 105 Å². The number of benzene rings is 11. The molecule has 0 radical (unpaired) electrons. The summed E-state index contributed by atoms with van der Waals surface area (Å²) in [6.07, 6.45) is 0. The second-order valence-electron chi connectivity index (χ2n) is 17.6. The van der Waals surface area contributed by atoms with Crippen LogP contribution in [-0.2, 0) is 0 Å². The average Bonchev–Trinajstić information content (AvgIpc) is 3.98. The predicted octanol–water partition coefficient (Wildman–Crippen LogP) is 18.5. The van der Waals surface area contributed by atoms with E-state index in [1.165, 1.54) is 55.2 Å². The molecule has 2 aromatic heterocycles. The maximum Gasteiger partial charge on any atom is 0.143 e. The molecule has 0 bridgehead atoms. The first-order chi connectivity index (χ1) is 34.2. The summed E-state index contributed by atoms with van der Waals surface area (Å²) in [5.74, 6) is 0. The average molecular weight is 881 g/mol. The molecular weight excluding hydrogens is 837 g/mol. The van der Waals surface area contributed by atoms with Crippen LogP contribution < -0.4 is 4.90 Å². The van der Waals surface area contributed by atoms with Crippen molar-refractivity contribution in [2.45, 2.75) is 0 Å². The van der Waals surface area contributed by atoms with E-state index in [0.29, 0.717) is 0 Å². The predicted molar refractivity (Wildman–Crippen MR) is 290 cm³/mol. The topological polar surface area (TPSA) is 21.3 Å². The van der Waals surface area contributed by atoms with Crippen molar-refractivity contribution in [1.29, 1.82) is 0 Å². The quantitative estimate of drug-likeness (QED) is 0.144. The minimum absolute atomic E-state index is 0.893.